The van der Waals surface area contributed by atoms with E-state index in [-0.39, 0.29) is 23.5 Å². The summed E-state index contributed by atoms with van der Waals surface area (Å²) in [5, 5.41) is 0. The van der Waals surface area contributed by atoms with Gasteiger partial charge >= 0.3 is 12.5 Å². The van der Waals surface area contributed by atoms with E-state index in [2.05, 4.69) is 4.74 Å². The molecule has 0 amide bonds. The van der Waals surface area contributed by atoms with Crippen LogP contribution in [0.15, 0.2) is 103 Å². The summed E-state index contributed by atoms with van der Waals surface area (Å²) in [7, 11) is 0. The maximum absolute atomic E-state index is 15.7. The van der Waals surface area contributed by atoms with Gasteiger partial charge < -0.3 is 14.4 Å². The van der Waals surface area contributed by atoms with E-state index < -0.39 is 42.1 Å². The summed E-state index contributed by atoms with van der Waals surface area (Å²) in [4.78, 5) is 1.33. The number of anilines is 1. The smallest absolute Gasteiger partial charge is 0.455 e. The van der Waals surface area contributed by atoms with Gasteiger partial charge in [0.15, 0.2) is 5.75 Å². The van der Waals surface area contributed by atoms with Gasteiger partial charge in [-0.05, 0) is 42.0 Å². The molecule has 10 heteroatoms. The highest BCUT2D eigenvalue weighted by molar-refractivity contribution is 5.60. The van der Waals surface area contributed by atoms with Gasteiger partial charge in [-0.3, -0.25) is 0 Å². The maximum Gasteiger partial charge on any atom is 0.573 e. The minimum atomic E-state index is -4.98. The quantitative estimate of drug-likeness (QED) is 0.194. The van der Waals surface area contributed by atoms with Crippen LogP contribution in [0.1, 0.15) is 22.9 Å². The molecule has 4 aromatic rings. The predicted molar refractivity (Wildman–Crippen MR) is 132 cm³/mol. The van der Waals surface area contributed by atoms with Gasteiger partial charge in [0.05, 0.1) is 17.8 Å². The first-order valence-electron chi connectivity index (χ1n) is 11.7. The van der Waals surface area contributed by atoms with Gasteiger partial charge in [0.25, 0.3) is 0 Å². The third-order valence-corrected chi connectivity index (χ3v) is 5.72. The van der Waals surface area contributed by atoms with Crippen LogP contribution < -0.4 is 14.4 Å². The van der Waals surface area contributed by atoms with Crippen LogP contribution in [-0.4, -0.2) is 12.9 Å². The summed E-state index contributed by atoms with van der Waals surface area (Å²) >= 11 is 0. The number of halogens is 7. The molecule has 0 spiro atoms. The summed E-state index contributed by atoms with van der Waals surface area (Å²) in [6, 6.07) is 24.5. The molecule has 0 radical (unpaired) electrons. The van der Waals surface area contributed by atoms with E-state index >= 15 is 4.39 Å². The Balaban J connectivity index is 1.75. The highest BCUT2D eigenvalue weighted by atomic mass is 19.4. The number of ether oxygens (including phenoxy) is 2. The first-order chi connectivity index (χ1) is 18.5. The Hall–Kier alpha value is -4.21. The van der Waals surface area contributed by atoms with E-state index in [0.29, 0.717) is 5.75 Å². The fourth-order valence-corrected chi connectivity index (χ4v) is 4.05. The zero-order valence-electron chi connectivity index (χ0n) is 20.2. The maximum atomic E-state index is 15.7. The van der Waals surface area contributed by atoms with E-state index in [9.17, 15) is 26.3 Å². The molecule has 4 aromatic carbocycles. The minimum absolute atomic E-state index is 0.0423. The van der Waals surface area contributed by atoms with Crippen molar-refractivity contribution >= 4 is 5.69 Å². The fraction of sp³-hybridized carbons (Fsp3) is 0.172. The third kappa shape index (κ3) is 7.43. The van der Waals surface area contributed by atoms with E-state index in [1.807, 2.05) is 0 Å². The van der Waals surface area contributed by atoms with Crippen LogP contribution >= 0.6 is 0 Å². The summed E-state index contributed by atoms with van der Waals surface area (Å²) in [5.74, 6) is 0.154. The molecule has 0 aliphatic heterocycles. The predicted octanol–water partition coefficient (Wildman–Crippen LogP) is 9.11. The molecular formula is C29H22F7NO2. The lowest BCUT2D eigenvalue weighted by molar-refractivity contribution is -0.274. The molecule has 1 unspecified atom stereocenters. The molecule has 39 heavy (non-hydrogen) atoms. The second kappa shape index (κ2) is 11.7. The van der Waals surface area contributed by atoms with E-state index in [0.717, 1.165) is 24.3 Å². The average molecular weight is 549 g/mol. The van der Waals surface area contributed by atoms with Crippen LogP contribution in [-0.2, 0) is 12.7 Å². The monoisotopic (exact) mass is 549 g/mol. The van der Waals surface area contributed by atoms with Crippen LogP contribution in [0, 0.1) is 0 Å². The van der Waals surface area contributed by atoms with Crippen LogP contribution in [0.2, 0.25) is 0 Å². The lowest BCUT2D eigenvalue weighted by Gasteiger charge is -2.30. The van der Waals surface area contributed by atoms with Crippen molar-refractivity contribution in [1.29, 1.82) is 0 Å². The molecule has 0 aliphatic rings. The Bertz CT molecular complexity index is 1370. The molecule has 0 aromatic heterocycles. The van der Waals surface area contributed by atoms with Gasteiger partial charge in [0.1, 0.15) is 17.7 Å². The Morgan fingerprint density at radius 1 is 0.667 bits per heavy atom. The lowest BCUT2D eigenvalue weighted by Crippen LogP contribution is -2.29. The molecule has 204 valence electrons. The van der Waals surface area contributed by atoms with Crippen molar-refractivity contribution in [3.8, 4) is 17.2 Å². The molecule has 0 aliphatic carbocycles. The number of alkyl halides is 7. The van der Waals surface area contributed by atoms with E-state index in [4.69, 9.17) is 4.74 Å². The van der Waals surface area contributed by atoms with Crippen LogP contribution in [0.3, 0.4) is 0 Å². The van der Waals surface area contributed by atoms with Gasteiger partial charge in [0.2, 0.25) is 0 Å². The number of benzene rings is 4. The van der Waals surface area contributed by atoms with Crippen molar-refractivity contribution in [3.05, 3.63) is 120 Å². The molecule has 0 bridgehead atoms. The first kappa shape index (κ1) is 27.8. The topological polar surface area (TPSA) is 21.7 Å². The molecule has 4 rings (SSSR count). The zero-order valence-corrected chi connectivity index (χ0v) is 20.2. The van der Waals surface area contributed by atoms with Crippen molar-refractivity contribution in [2.45, 2.75) is 25.3 Å². The molecular weight excluding hydrogens is 527 g/mol. The Labute approximate surface area is 220 Å². The number of rotatable bonds is 9. The fourth-order valence-electron chi connectivity index (χ4n) is 4.05. The molecule has 1 atom stereocenters. The summed E-state index contributed by atoms with van der Waals surface area (Å²) in [5.41, 5.74) is -1.42. The van der Waals surface area contributed by atoms with Gasteiger partial charge in [-0.25, -0.2) is 4.39 Å². The van der Waals surface area contributed by atoms with Crippen molar-refractivity contribution in [3.63, 3.8) is 0 Å². The minimum Gasteiger partial charge on any atom is -0.455 e. The molecule has 0 fully saturated rings. The molecule has 0 heterocycles. The van der Waals surface area contributed by atoms with Crippen LogP contribution in [0.25, 0.3) is 0 Å². The second-order valence-electron chi connectivity index (χ2n) is 8.47. The molecule has 0 saturated carbocycles. The Morgan fingerprint density at radius 3 is 1.95 bits per heavy atom. The first-order valence-corrected chi connectivity index (χ1v) is 11.7. The Kier molecular flexibility index (Phi) is 8.32. The third-order valence-electron chi connectivity index (χ3n) is 5.72. The van der Waals surface area contributed by atoms with Gasteiger partial charge in [-0.1, -0.05) is 66.7 Å². The number of para-hydroxylation sites is 4. The Morgan fingerprint density at radius 2 is 1.26 bits per heavy atom. The van der Waals surface area contributed by atoms with Gasteiger partial charge in [0, 0.05) is 12.1 Å². The largest absolute Gasteiger partial charge is 0.573 e. The van der Waals surface area contributed by atoms with E-state index in [1.54, 1.807) is 54.6 Å². The normalized spacial score (nSPS) is 12.6. The van der Waals surface area contributed by atoms with Gasteiger partial charge in [-0.2, -0.15) is 13.2 Å². The average Bonchev–Trinajstić information content (AvgIpc) is 2.89. The SMILES string of the molecule is FC(CN(Cc1ccccc1OC(F)(F)F)c1ccccc1Oc1ccccc1)c1ccccc1C(F)(F)F. The van der Waals surface area contributed by atoms with Crippen molar-refractivity contribution in [2.75, 3.05) is 11.4 Å². The number of hydrogen-bond donors (Lipinski definition) is 0. The van der Waals surface area contributed by atoms with Crippen molar-refractivity contribution in [2.24, 2.45) is 0 Å². The van der Waals surface area contributed by atoms with Crippen LogP contribution in [0.4, 0.5) is 36.4 Å². The van der Waals surface area contributed by atoms with Crippen molar-refractivity contribution in [1.82, 2.24) is 0 Å². The highest BCUT2D eigenvalue weighted by Crippen LogP contribution is 2.39. The summed E-state index contributed by atoms with van der Waals surface area (Å²) in [6.45, 7) is -0.946. The van der Waals surface area contributed by atoms with Crippen LogP contribution in [0.5, 0.6) is 17.2 Å². The van der Waals surface area contributed by atoms with Crippen molar-refractivity contribution < 1.29 is 40.2 Å². The zero-order chi connectivity index (χ0) is 28.0. The molecule has 0 saturated heterocycles. The summed E-state index contributed by atoms with van der Waals surface area (Å²) < 4.78 is 106. The molecule has 0 N–H and O–H groups in total. The van der Waals surface area contributed by atoms with Gasteiger partial charge in [-0.15, -0.1) is 13.2 Å². The standard InChI is InChI=1S/C29H22F7NO2/c30-24(22-13-5-6-14-23(22)28(31,32)33)19-37(18-20-10-4-8-16-26(20)39-29(34,35)36)25-15-7-9-17-27(25)38-21-11-2-1-3-12-21/h1-17,24H,18-19H2. The molecule has 3 nitrogen and oxygen atoms in total. The highest BCUT2D eigenvalue weighted by Gasteiger charge is 2.36. The van der Waals surface area contributed by atoms with E-state index in [1.165, 1.54) is 29.2 Å². The summed E-state index contributed by atoms with van der Waals surface area (Å²) in [6.07, 6.45) is -11.9. The second-order valence-corrected chi connectivity index (χ2v) is 8.47. The number of hydrogen-bond acceptors (Lipinski definition) is 3. The number of nitrogens with zero attached hydrogens (tertiary/aromatic N) is 1. The lowest BCUT2D eigenvalue weighted by atomic mass is 10.0.